The van der Waals surface area contributed by atoms with Crippen LogP contribution in [0, 0.1) is 0 Å². The first-order valence-electron chi connectivity index (χ1n) is 20.5. The van der Waals surface area contributed by atoms with E-state index in [0.717, 1.165) is 66.5 Å². The van der Waals surface area contributed by atoms with Crippen molar-refractivity contribution in [1.29, 1.82) is 0 Å². The highest BCUT2D eigenvalue weighted by Gasteiger charge is 2.22. The Balaban J connectivity index is 1.10. The summed E-state index contributed by atoms with van der Waals surface area (Å²) in [7, 11) is 0. The summed E-state index contributed by atoms with van der Waals surface area (Å²) in [6.07, 6.45) is 0. The minimum Gasteiger partial charge on any atom is -0.455 e. The predicted octanol–water partition coefficient (Wildman–Crippen LogP) is 16.5. The highest BCUT2D eigenvalue weighted by molar-refractivity contribution is 6.22. The largest absolute Gasteiger partial charge is 0.455 e. The number of rotatable bonds is 8. The highest BCUT2D eigenvalue weighted by Crippen LogP contribution is 2.47. The van der Waals surface area contributed by atoms with Gasteiger partial charge in [-0.3, -0.25) is 0 Å². The minimum absolute atomic E-state index is 0.871. The molecule has 11 rings (SSSR count). The van der Waals surface area contributed by atoms with Crippen LogP contribution in [-0.4, -0.2) is 0 Å². The molecule has 1 heterocycles. The Kier molecular flexibility index (Phi) is 8.87. The Labute approximate surface area is 349 Å². The Morgan fingerprint density at radius 1 is 0.283 bits per heavy atom. The van der Waals surface area contributed by atoms with E-state index in [4.69, 9.17) is 4.42 Å². The van der Waals surface area contributed by atoms with Crippen LogP contribution >= 0.6 is 0 Å². The van der Waals surface area contributed by atoms with Crippen LogP contribution in [0.2, 0.25) is 0 Å². The monoisotopic (exact) mass is 765 g/mol. The second-order valence-corrected chi connectivity index (χ2v) is 15.3. The van der Waals surface area contributed by atoms with Crippen molar-refractivity contribution < 1.29 is 4.42 Å². The molecule has 0 unspecified atom stereocenters. The third-order valence-corrected chi connectivity index (χ3v) is 11.7. The zero-order chi connectivity index (χ0) is 39.8. The van der Waals surface area contributed by atoms with Gasteiger partial charge >= 0.3 is 0 Å². The van der Waals surface area contributed by atoms with Gasteiger partial charge in [0.05, 0.1) is 5.69 Å². The van der Waals surface area contributed by atoms with Gasteiger partial charge in [-0.2, -0.15) is 0 Å². The molecular weight excluding hydrogens is 727 g/mol. The third-order valence-electron chi connectivity index (χ3n) is 11.7. The smallest absolute Gasteiger partial charge is 0.143 e. The lowest BCUT2D eigenvalue weighted by molar-refractivity contribution is 0.673. The van der Waals surface area contributed by atoms with Gasteiger partial charge in [0.1, 0.15) is 11.2 Å². The van der Waals surface area contributed by atoms with Crippen LogP contribution < -0.4 is 4.90 Å². The fourth-order valence-electron chi connectivity index (χ4n) is 8.72. The molecule has 0 fully saturated rings. The molecule has 282 valence electrons. The van der Waals surface area contributed by atoms with Crippen molar-refractivity contribution in [2.24, 2.45) is 0 Å². The minimum atomic E-state index is 0.871. The first-order chi connectivity index (χ1) is 29.7. The van der Waals surface area contributed by atoms with E-state index >= 15 is 0 Å². The van der Waals surface area contributed by atoms with Crippen molar-refractivity contribution >= 4 is 49.8 Å². The van der Waals surface area contributed by atoms with E-state index in [0.29, 0.717) is 0 Å². The van der Waals surface area contributed by atoms with Gasteiger partial charge in [0.25, 0.3) is 0 Å². The second-order valence-electron chi connectivity index (χ2n) is 15.3. The number of fused-ring (bicyclic) bond motifs is 5. The number of furan rings is 1. The Bertz CT molecular complexity index is 3280. The molecule has 10 aromatic carbocycles. The number of anilines is 3. The van der Waals surface area contributed by atoms with Gasteiger partial charge in [0, 0.05) is 32.9 Å². The van der Waals surface area contributed by atoms with Crippen molar-refractivity contribution in [3.05, 3.63) is 237 Å². The van der Waals surface area contributed by atoms with Crippen LogP contribution in [-0.2, 0) is 0 Å². The molecule has 2 heteroatoms. The molecule has 0 spiro atoms. The molecule has 0 amide bonds. The van der Waals surface area contributed by atoms with Gasteiger partial charge in [-0.15, -0.1) is 0 Å². The van der Waals surface area contributed by atoms with E-state index in [9.17, 15) is 0 Å². The summed E-state index contributed by atoms with van der Waals surface area (Å²) in [4.78, 5) is 2.41. The summed E-state index contributed by atoms with van der Waals surface area (Å²) < 4.78 is 6.85. The van der Waals surface area contributed by atoms with Gasteiger partial charge in [-0.25, -0.2) is 0 Å². The summed E-state index contributed by atoms with van der Waals surface area (Å²) >= 11 is 0. The molecule has 0 saturated carbocycles. The molecule has 2 nitrogen and oxygen atoms in total. The first kappa shape index (κ1) is 35.2. The van der Waals surface area contributed by atoms with Gasteiger partial charge in [-0.1, -0.05) is 194 Å². The molecule has 0 bridgehead atoms. The lowest BCUT2D eigenvalue weighted by Crippen LogP contribution is -2.10. The standard InChI is InChI=1S/C58H39NO/c1-4-15-40(16-5-1)43-29-31-44(32-30-43)45-33-35-49(36-34-45)59(50-24-13-22-47(38-50)42-19-8-3-9-20-42)55-39-54-57-51(48-23-12-21-46(37-48)41-17-6-2-7-18-41)27-14-28-56(57)60-58(54)53-26-11-10-25-52(53)55/h1-39H. The van der Waals surface area contributed by atoms with E-state index in [1.165, 1.54) is 38.9 Å². The SMILES string of the molecule is c1ccc(-c2ccc(-c3ccc(N(c4cccc(-c5ccccc5)c4)c4cc5c(oc6cccc(-c7cccc(-c8ccccc8)c7)c65)c5ccccc45)cc3)cc2)cc1. The molecule has 0 aliphatic rings. The summed E-state index contributed by atoms with van der Waals surface area (Å²) in [5, 5.41) is 4.38. The number of benzene rings is 10. The topological polar surface area (TPSA) is 16.4 Å². The summed E-state index contributed by atoms with van der Waals surface area (Å²) in [5.74, 6) is 0. The Morgan fingerprint density at radius 3 is 1.38 bits per heavy atom. The number of hydrogen-bond acceptors (Lipinski definition) is 2. The summed E-state index contributed by atoms with van der Waals surface area (Å²) in [5.41, 5.74) is 16.8. The first-order valence-corrected chi connectivity index (χ1v) is 20.5. The van der Waals surface area contributed by atoms with Crippen LogP contribution in [0.15, 0.2) is 241 Å². The second kappa shape index (κ2) is 15.1. The Morgan fingerprint density at radius 2 is 0.750 bits per heavy atom. The summed E-state index contributed by atoms with van der Waals surface area (Å²) in [6.45, 7) is 0. The molecule has 11 aromatic rings. The quantitative estimate of drug-likeness (QED) is 0.153. The molecule has 60 heavy (non-hydrogen) atoms. The maximum Gasteiger partial charge on any atom is 0.143 e. The van der Waals surface area contributed by atoms with Crippen LogP contribution in [0.1, 0.15) is 0 Å². The normalized spacial score (nSPS) is 11.3. The van der Waals surface area contributed by atoms with E-state index < -0.39 is 0 Å². The number of nitrogens with zero attached hydrogens (tertiary/aromatic N) is 1. The molecule has 0 saturated heterocycles. The van der Waals surface area contributed by atoms with Crippen LogP contribution in [0.3, 0.4) is 0 Å². The lowest BCUT2D eigenvalue weighted by Gasteiger charge is -2.28. The van der Waals surface area contributed by atoms with Crippen molar-refractivity contribution in [2.75, 3.05) is 4.90 Å². The maximum absolute atomic E-state index is 6.85. The van der Waals surface area contributed by atoms with Crippen LogP contribution in [0.25, 0.3) is 88.3 Å². The molecule has 0 atom stereocenters. The highest BCUT2D eigenvalue weighted by atomic mass is 16.3. The van der Waals surface area contributed by atoms with Crippen molar-refractivity contribution in [3.8, 4) is 55.6 Å². The maximum atomic E-state index is 6.85. The molecule has 0 aliphatic carbocycles. The van der Waals surface area contributed by atoms with Crippen LogP contribution in [0.4, 0.5) is 17.1 Å². The molecular formula is C58H39NO. The zero-order valence-corrected chi connectivity index (χ0v) is 32.9. The predicted molar refractivity (Wildman–Crippen MR) is 253 cm³/mol. The summed E-state index contributed by atoms with van der Waals surface area (Å²) in [6, 6.07) is 84.8. The molecule has 1 aromatic heterocycles. The Hall–Kier alpha value is -7.94. The van der Waals surface area contributed by atoms with Crippen molar-refractivity contribution in [3.63, 3.8) is 0 Å². The fraction of sp³-hybridized carbons (Fsp3) is 0. The molecule has 0 radical (unpaired) electrons. The van der Waals surface area contributed by atoms with E-state index in [1.54, 1.807) is 0 Å². The van der Waals surface area contributed by atoms with E-state index in [1.807, 2.05) is 0 Å². The van der Waals surface area contributed by atoms with Crippen LogP contribution in [0.5, 0.6) is 0 Å². The van der Waals surface area contributed by atoms with E-state index in [-0.39, 0.29) is 0 Å². The van der Waals surface area contributed by atoms with Gasteiger partial charge in [0.15, 0.2) is 0 Å². The average molecular weight is 766 g/mol. The van der Waals surface area contributed by atoms with E-state index in [2.05, 4.69) is 241 Å². The third kappa shape index (κ3) is 6.41. The van der Waals surface area contributed by atoms with Crippen molar-refractivity contribution in [1.82, 2.24) is 0 Å². The average Bonchev–Trinajstić information content (AvgIpc) is 3.72. The number of hydrogen-bond donors (Lipinski definition) is 0. The molecule has 0 N–H and O–H groups in total. The van der Waals surface area contributed by atoms with Gasteiger partial charge < -0.3 is 9.32 Å². The zero-order valence-electron chi connectivity index (χ0n) is 32.9. The van der Waals surface area contributed by atoms with Gasteiger partial charge in [0.2, 0.25) is 0 Å². The van der Waals surface area contributed by atoms with Crippen molar-refractivity contribution in [2.45, 2.75) is 0 Å². The molecule has 0 aliphatic heterocycles. The lowest BCUT2D eigenvalue weighted by atomic mass is 9.94. The van der Waals surface area contributed by atoms with Gasteiger partial charge in [-0.05, 0) is 98.1 Å². The fourth-order valence-corrected chi connectivity index (χ4v) is 8.72.